The van der Waals surface area contributed by atoms with E-state index < -0.39 is 0 Å². The van der Waals surface area contributed by atoms with Crippen LogP contribution in [0.15, 0.2) is 0 Å². The molecule has 0 radical (unpaired) electrons. The first-order chi connectivity index (χ1) is 10.7. The van der Waals surface area contributed by atoms with Crippen molar-refractivity contribution >= 4 is 0 Å². The van der Waals surface area contributed by atoms with Gasteiger partial charge in [0.2, 0.25) is 0 Å². The molecule has 0 aliphatic carbocycles. The molecule has 0 aromatic carbocycles. The minimum atomic E-state index is 0.894. The summed E-state index contributed by atoms with van der Waals surface area (Å²) < 4.78 is 0. The number of nitrogens with zero attached hydrogens (tertiary/aromatic N) is 1. The number of piperidine rings is 1. The van der Waals surface area contributed by atoms with Crippen LogP contribution >= 0.6 is 0 Å². The first kappa shape index (κ1) is 24.2. The van der Waals surface area contributed by atoms with Gasteiger partial charge < -0.3 is 4.90 Å². The Hall–Kier alpha value is -0.0400. The third-order valence-corrected chi connectivity index (χ3v) is 4.65. The maximum absolute atomic E-state index is 2.70. The van der Waals surface area contributed by atoms with Crippen LogP contribution in [-0.4, -0.2) is 24.5 Å². The molecule has 0 aromatic heterocycles. The molecule has 22 heavy (non-hydrogen) atoms. The quantitative estimate of drug-likeness (QED) is 0.408. The fourth-order valence-electron chi connectivity index (χ4n) is 3.14. The van der Waals surface area contributed by atoms with Crippen LogP contribution in [0, 0.1) is 11.8 Å². The average Bonchev–Trinajstić information content (AvgIpc) is 2.58. The van der Waals surface area contributed by atoms with Crippen LogP contribution in [0.1, 0.15) is 106 Å². The molecule has 0 atom stereocenters. The number of hydrogen-bond acceptors (Lipinski definition) is 1. The summed E-state index contributed by atoms with van der Waals surface area (Å²) in [5.41, 5.74) is 0. The summed E-state index contributed by atoms with van der Waals surface area (Å²) in [5, 5.41) is 0. The van der Waals surface area contributed by atoms with E-state index >= 15 is 0 Å². The first-order valence-electron chi connectivity index (χ1n) is 10.5. The van der Waals surface area contributed by atoms with E-state index in [9.17, 15) is 0 Å². The SMILES string of the molecule is CC.CC.CCCCCCCCCN1CCC(C(C)C)CC1. The molecule has 0 spiro atoms. The largest absolute Gasteiger partial charge is 0.303 e. The fourth-order valence-corrected chi connectivity index (χ4v) is 3.14. The van der Waals surface area contributed by atoms with Gasteiger partial charge in [0.1, 0.15) is 0 Å². The lowest BCUT2D eigenvalue weighted by Crippen LogP contribution is -2.35. The molecular formula is C21H47N. The second-order valence-corrected chi connectivity index (χ2v) is 6.54. The number of rotatable bonds is 9. The zero-order valence-electron chi connectivity index (χ0n) is 17.1. The third kappa shape index (κ3) is 13.6. The lowest BCUT2D eigenvalue weighted by atomic mass is 9.87. The van der Waals surface area contributed by atoms with Crippen LogP contribution in [-0.2, 0) is 0 Å². The zero-order chi connectivity index (χ0) is 17.2. The van der Waals surface area contributed by atoms with Crippen molar-refractivity contribution in [2.45, 2.75) is 106 Å². The van der Waals surface area contributed by atoms with Gasteiger partial charge in [-0.25, -0.2) is 0 Å². The number of hydrogen-bond donors (Lipinski definition) is 0. The van der Waals surface area contributed by atoms with E-state index in [0.29, 0.717) is 0 Å². The van der Waals surface area contributed by atoms with E-state index in [1.807, 2.05) is 27.7 Å². The Morgan fingerprint density at radius 2 is 1.23 bits per heavy atom. The highest BCUT2D eigenvalue weighted by molar-refractivity contribution is 4.74. The third-order valence-electron chi connectivity index (χ3n) is 4.65. The van der Waals surface area contributed by atoms with Crippen molar-refractivity contribution < 1.29 is 0 Å². The first-order valence-corrected chi connectivity index (χ1v) is 10.5. The van der Waals surface area contributed by atoms with Crippen LogP contribution in [0.25, 0.3) is 0 Å². The summed E-state index contributed by atoms with van der Waals surface area (Å²) >= 11 is 0. The van der Waals surface area contributed by atoms with Gasteiger partial charge in [0.15, 0.2) is 0 Å². The summed E-state index contributed by atoms with van der Waals surface area (Å²) in [7, 11) is 0. The summed E-state index contributed by atoms with van der Waals surface area (Å²) in [6.07, 6.45) is 12.9. The van der Waals surface area contributed by atoms with Crippen LogP contribution in [0.4, 0.5) is 0 Å². The summed E-state index contributed by atoms with van der Waals surface area (Å²) in [5.74, 6) is 1.89. The molecule has 0 unspecified atom stereocenters. The molecule has 0 saturated carbocycles. The van der Waals surface area contributed by atoms with E-state index in [0.717, 1.165) is 11.8 Å². The highest BCUT2D eigenvalue weighted by atomic mass is 15.1. The van der Waals surface area contributed by atoms with Crippen molar-refractivity contribution in [1.29, 1.82) is 0 Å². The maximum atomic E-state index is 2.70. The van der Waals surface area contributed by atoms with Crippen LogP contribution < -0.4 is 0 Å². The molecule has 1 nitrogen and oxygen atoms in total. The second-order valence-electron chi connectivity index (χ2n) is 6.54. The van der Waals surface area contributed by atoms with Crippen molar-refractivity contribution in [3.63, 3.8) is 0 Å². The molecule has 1 rings (SSSR count). The Morgan fingerprint density at radius 3 is 1.68 bits per heavy atom. The summed E-state index contributed by atoms with van der Waals surface area (Å²) in [6, 6.07) is 0. The fraction of sp³-hybridized carbons (Fsp3) is 1.00. The highest BCUT2D eigenvalue weighted by Gasteiger charge is 2.20. The Balaban J connectivity index is 0. The van der Waals surface area contributed by atoms with E-state index in [1.165, 1.54) is 77.4 Å². The maximum Gasteiger partial charge on any atom is -0.00160 e. The minimum Gasteiger partial charge on any atom is -0.303 e. The molecule has 1 heterocycles. The zero-order valence-corrected chi connectivity index (χ0v) is 17.1. The van der Waals surface area contributed by atoms with E-state index in [-0.39, 0.29) is 0 Å². The van der Waals surface area contributed by atoms with Gasteiger partial charge in [0, 0.05) is 0 Å². The molecule has 1 fully saturated rings. The normalized spacial score (nSPS) is 15.8. The summed E-state index contributed by atoms with van der Waals surface area (Å²) in [4.78, 5) is 2.70. The van der Waals surface area contributed by atoms with Gasteiger partial charge in [0.25, 0.3) is 0 Å². The highest BCUT2D eigenvalue weighted by Crippen LogP contribution is 2.24. The predicted molar refractivity (Wildman–Crippen MR) is 105 cm³/mol. The summed E-state index contributed by atoms with van der Waals surface area (Å²) in [6.45, 7) is 19.1. The molecule has 1 saturated heterocycles. The molecule has 136 valence electrons. The molecule has 0 aromatic rings. The molecule has 1 aliphatic heterocycles. The van der Waals surface area contributed by atoms with Crippen LogP contribution in [0.3, 0.4) is 0 Å². The Bertz CT molecular complexity index is 180. The van der Waals surface area contributed by atoms with E-state index in [4.69, 9.17) is 0 Å². The lowest BCUT2D eigenvalue weighted by Gasteiger charge is -2.33. The van der Waals surface area contributed by atoms with E-state index in [1.54, 1.807) is 0 Å². The van der Waals surface area contributed by atoms with Gasteiger partial charge >= 0.3 is 0 Å². The van der Waals surface area contributed by atoms with Crippen molar-refractivity contribution in [3.05, 3.63) is 0 Å². The van der Waals surface area contributed by atoms with Crippen molar-refractivity contribution in [3.8, 4) is 0 Å². The molecule has 1 heteroatoms. The Labute approximate surface area is 143 Å². The predicted octanol–water partition coefficient (Wildman–Crippen LogP) is 7.16. The number of unbranched alkanes of at least 4 members (excludes halogenated alkanes) is 6. The van der Waals surface area contributed by atoms with Crippen molar-refractivity contribution in [2.24, 2.45) is 11.8 Å². The standard InChI is InChI=1S/C17H35N.2C2H6/c1-4-5-6-7-8-9-10-13-18-14-11-17(12-15-18)16(2)3;2*1-2/h16-17H,4-15H2,1-3H3;2*1-2H3. The van der Waals surface area contributed by atoms with Gasteiger partial charge in [-0.3, -0.25) is 0 Å². The molecular weight excluding hydrogens is 266 g/mol. The van der Waals surface area contributed by atoms with Crippen LogP contribution in [0.2, 0.25) is 0 Å². The second kappa shape index (κ2) is 19.0. The smallest absolute Gasteiger partial charge is 0.00160 e. The average molecular weight is 314 g/mol. The van der Waals surface area contributed by atoms with Crippen molar-refractivity contribution in [1.82, 2.24) is 4.90 Å². The van der Waals surface area contributed by atoms with Crippen LogP contribution in [0.5, 0.6) is 0 Å². The Kier molecular flexibility index (Phi) is 20.9. The van der Waals surface area contributed by atoms with Gasteiger partial charge in [-0.2, -0.15) is 0 Å². The van der Waals surface area contributed by atoms with Gasteiger partial charge in [-0.05, 0) is 50.7 Å². The van der Waals surface area contributed by atoms with Gasteiger partial charge in [-0.1, -0.05) is 87.0 Å². The molecule has 0 N–H and O–H groups in total. The minimum absolute atomic E-state index is 0.894. The van der Waals surface area contributed by atoms with Crippen molar-refractivity contribution in [2.75, 3.05) is 19.6 Å². The van der Waals surface area contributed by atoms with Gasteiger partial charge in [-0.15, -0.1) is 0 Å². The molecule has 0 amide bonds. The van der Waals surface area contributed by atoms with E-state index in [2.05, 4.69) is 25.7 Å². The molecule has 1 aliphatic rings. The topological polar surface area (TPSA) is 3.24 Å². The number of likely N-dealkylation sites (tertiary alicyclic amines) is 1. The molecule has 0 bridgehead atoms. The lowest BCUT2D eigenvalue weighted by molar-refractivity contribution is 0.155. The van der Waals surface area contributed by atoms with Gasteiger partial charge in [0.05, 0.1) is 0 Å². The monoisotopic (exact) mass is 313 g/mol. The Morgan fingerprint density at radius 1 is 0.773 bits per heavy atom.